The summed E-state index contributed by atoms with van der Waals surface area (Å²) in [4.78, 5) is 12.1. The molecule has 104 valence electrons. The van der Waals surface area contributed by atoms with Crippen molar-refractivity contribution >= 4 is 5.69 Å². The molecule has 1 heterocycles. The van der Waals surface area contributed by atoms with Gasteiger partial charge in [0, 0.05) is 43.3 Å². The van der Waals surface area contributed by atoms with Gasteiger partial charge in [0.1, 0.15) is 5.82 Å². The van der Waals surface area contributed by atoms with Crippen LogP contribution in [0, 0.1) is 15.9 Å². The maximum Gasteiger partial charge on any atom is 0.272 e. The van der Waals surface area contributed by atoms with Gasteiger partial charge in [-0.3, -0.25) is 15.0 Å². The quantitative estimate of drug-likeness (QED) is 0.671. The Bertz CT molecular complexity index is 471. The fourth-order valence-electron chi connectivity index (χ4n) is 2.59. The lowest BCUT2D eigenvalue weighted by molar-refractivity contribution is -0.385. The monoisotopic (exact) mass is 267 g/mol. The lowest BCUT2D eigenvalue weighted by Gasteiger charge is -2.36. The number of hydrogen-bond acceptors (Lipinski definition) is 4. The number of hydrogen-bond donors (Lipinski definition) is 1. The predicted molar refractivity (Wildman–Crippen MR) is 70.4 cm³/mol. The summed E-state index contributed by atoms with van der Waals surface area (Å²) in [7, 11) is 0. The Morgan fingerprint density at radius 3 is 2.58 bits per heavy atom. The first-order chi connectivity index (χ1) is 8.95. The summed E-state index contributed by atoms with van der Waals surface area (Å²) in [6, 6.07) is 4.58. The van der Waals surface area contributed by atoms with Crippen LogP contribution < -0.4 is 5.32 Å². The highest BCUT2D eigenvalue weighted by atomic mass is 19.1. The van der Waals surface area contributed by atoms with Crippen molar-refractivity contribution in [2.75, 3.05) is 13.1 Å². The van der Waals surface area contributed by atoms with Crippen LogP contribution in [0.5, 0.6) is 0 Å². The number of rotatable bonds is 3. The molecular formula is C13H18FN3O2. The zero-order valence-corrected chi connectivity index (χ0v) is 11.1. The average molecular weight is 267 g/mol. The Kier molecular flexibility index (Phi) is 4.11. The first-order valence-corrected chi connectivity index (χ1v) is 6.37. The van der Waals surface area contributed by atoms with Gasteiger partial charge in [-0.2, -0.15) is 0 Å². The van der Waals surface area contributed by atoms with Crippen LogP contribution in [0.1, 0.15) is 19.4 Å². The van der Waals surface area contributed by atoms with Crippen molar-refractivity contribution in [2.45, 2.75) is 32.5 Å². The largest absolute Gasteiger partial charge is 0.309 e. The Labute approximate surface area is 111 Å². The van der Waals surface area contributed by atoms with Crippen molar-refractivity contribution in [3.05, 3.63) is 39.7 Å². The molecule has 0 aromatic heterocycles. The molecule has 1 fully saturated rings. The zero-order valence-electron chi connectivity index (χ0n) is 11.1. The maximum atomic E-state index is 13.8. The molecule has 1 saturated heterocycles. The van der Waals surface area contributed by atoms with Crippen LogP contribution in [0.2, 0.25) is 0 Å². The number of halogens is 1. The standard InChI is InChI=1S/C13H18FN3O2/c1-9-6-16(7-10(2)15-9)8-11-3-4-12(17(18)19)5-13(11)14/h3-5,9-10,15H,6-8H2,1-2H3. The van der Waals surface area contributed by atoms with Crippen molar-refractivity contribution in [3.8, 4) is 0 Å². The third-order valence-corrected chi connectivity index (χ3v) is 3.27. The minimum atomic E-state index is -0.582. The number of piperazine rings is 1. The first kappa shape index (κ1) is 13.9. The highest BCUT2D eigenvalue weighted by Crippen LogP contribution is 2.19. The summed E-state index contributed by atoms with van der Waals surface area (Å²) in [6.45, 7) is 6.37. The molecule has 2 rings (SSSR count). The van der Waals surface area contributed by atoms with Crippen molar-refractivity contribution < 1.29 is 9.31 Å². The fourth-order valence-corrected chi connectivity index (χ4v) is 2.59. The van der Waals surface area contributed by atoms with Crippen LogP contribution in [0.3, 0.4) is 0 Å². The Hall–Kier alpha value is -1.53. The highest BCUT2D eigenvalue weighted by molar-refractivity contribution is 5.34. The molecule has 5 nitrogen and oxygen atoms in total. The molecule has 1 aliphatic rings. The molecule has 0 aliphatic carbocycles. The van der Waals surface area contributed by atoms with Gasteiger partial charge in [-0.05, 0) is 19.9 Å². The SMILES string of the molecule is CC1CN(Cc2ccc([N+](=O)[O-])cc2F)CC(C)N1. The van der Waals surface area contributed by atoms with E-state index in [1.807, 2.05) is 0 Å². The van der Waals surface area contributed by atoms with E-state index in [1.54, 1.807) is 0 Å². The molecule has 0 amide bonds. The van der Waals surface area contributed by atoms with Gasteiger partial charge in [0.15, 0.2) is 0 Å². The van der Waals surface area contributed by atoms with Gasteiger partial charge < -0.3 is 5.32 Å². The van der Waals surface area contributed by atoms with Gasteiger partial charge in [-0.25, -0.2) is 4.39 Å². The summed E-state index contributed by atoms with van der Waals surface area (Å²) in [5, 5.41) is 14.0. The number of nitrogens with zero attached hydrogens (tertiary/aromatic N) is 2. The van der Waals surface area contributed by atoms with Crippen molar-refractivity contribution in [3.63, 3.8) is 0 Å². The number of nitro benzene ring substituents is 1. The van der Waals surface area contributed by atoms with E-state index in [4.69, 9.17) is 0 Å². The normalized spacial score (nSPS) is 24.4. The predicted octanol–water partition coefficient (Wildman–Crippen LogP) is 1.92. The van der Waals surface area contributed by atoms with Crippen LogP contribution in [0.4, 0.5) is 10.1 Å². The van der Waals surface area contributed by atoms with Crippen molar-refractivity contribution in [1.82, 2.24) is 10.2 Å². The Morgan fingerprint density at radius 2 is 2.05 bits per heavy atom. The van der Waals surface area contributed by atoms with Crippen LogP contribution in [0.25, 0.3) is 0 Å². The second-order valence-electron chi connectivity index (χ2n) is 5.20. The molecule has 6 heteroatoms. The van der Waals surface area contributed by atoms with E-state index in [-0.39, 0.29) is 5.69 Å². The van der Waals surface area contributed by atoms with E-state index in [0.29, 0.717) is 24.2 Å². The van der Waals surface area contributed by atoms with E-state index in [0.717, 1.165) is 19.2 Å². The molecule has 2 atom stereocenters. The van der Waals surface area contributed by atoms with Crippen LogP contribution in [-0.2, 0) is 6.54 Å². The number of benzene rings is 1. The van der Waals surface area contributed by atoms with Gasteiger partial charge in [-0.15, -0.1) is 0 Å². The second kappa shape index (κ2) is 5.63. The third-order valence-electron chi connectivity index (χ3n) is 3.27. The van der Waals surface area contributed by atoms with Crippen LogP contribution >= 0.6 is 0 Å². The molecule has 1 aliphatic heterocycles. The zero-order chi connectivity index (χ0) is 14.0. The molecule has 1 aromatic carbocycles. The molecule has 0 saturated carbocycles. The van der Waals surface area contributed by atoms with Gasteiger partial charge in [-0.1, -0.05) is 0 Å². The topological polar surface area (TPSA) is 58.4 Å². The molecule has 2 unspecified atom stereocenters. The van der Waals surface area contributed by atoms with E-state index in [9.17, 15) is 14.5 Å². The molecule has 0 spiro atoms. The summed E-state index contributed by atoms with van der Waals surface area (Å²) >= 11 is 0. The van der Waals surface area contributed by atoms with E-state index in [1.165, 1.54) is 12.1 Å². The van der Waals surface area contributed by atoms with Crippen LogP contribution in [0.15, 0.2) is 18.2 Å². The third kappa shape index (κ3) is 3.48. The molecule has 1 N–H and O–H groups in total. The summed E-state index contributed by atoms with van der Waals surface area (Å²) in [5.41, 5.74) is 0.301. The van der Waals surface area contributed by atoms with Gasteiger partial charge >= 0.3 is 0 Å². The minimum Gasteiger partial charge on any atom is -0.309 e. The second-order valence-corrected chi connectivity index (χ2v) is 5.20. The fraction of sp³-hybridized carbons (Fsp3) is 0.538. The van der Waals surface area contributed by atoms with Gasteiger partial charge in [0.2, 0.25) is 0 Å². The summed E-state index contributed by atoms with van der Waals surface area (Å²) in [6.07, 6.45) is 0. The van der Waals surface area contributed by atoms with Crippen LogP contribution in [-0.4, -0.2) is 35.0 Å². The summed E-state index contributed by atoms with van der Waals surface area (Å²) in [5.74, 6) is -0.506. The smallest absolute Gasteiger partial charge is 0.272 e. The maximum absolute atomic E-state index is 13.8. The molecule has 0 radical (unpaired) electrons. The minimum absolute atomic E-state index is 0.205. The van der Waals surface area contributed by atoms with E-state index >= 15 is 0 Å². The van der Waals surface area contributed by atoms with Crippen molar-refractivity contribution in [2.24, 2.45) is 0 Å². The van der Waals surface area contributed by atoms with Gasteiger partial charge in [0.05, 0.1) is 11.0 Å². The Morgan fingerprint density at radius 1 is 1.42 bits per heavy atom. The number of non-ortho nitro benzene ring substituents is 1. The van der Waals surface area contributed by atoms with E-state index in [2.05, 4.69) is 24.1 Å². The first-order valence-electron chi connectivity index (χ1n) is 6.37. The highest BCUT2D eigenvalue weighted by Gasteiger charge is 2.22. The number of nitro groups is 1. The lowest BCUT2D eigenvalue weighted by Crippen LogP contribution is -2.53. The Balaban J connectivity index is 2.08. The summed E-state index contributed by atoms with van der Waals surface area (Å²) < 4.78 is 13.8. The van der Waals surface area contributed by atoms with Gasteiger partial charge in [0.25, 0.3) is 5.69 Å². The number of nitrogens with one attached hydrogen (secondary N) is 1. The average Bonchev–Trinajstić information content (AvgIpc) is 2.30. The lowest BCUT2D eigenvalue weighted by atomic mass is 10.1. The molecular weight excluding hydrogens is 249 g/mol. The molecule has 0 bridgehead atoms. The molecule has 1 aromatic rings. The van der Waals surface area contributed by atoms with Crippen molar-refractivity contribution in [1.29, 1.82) is 0 Å². The molecule has 19 heavy (non-hydrogen) atoms. The van der Waals surface area contributed by atoms with E-state index < -0.39 is 10.7 Å².